The summed E-state index contributed by atoms with van der Waals surface area (Å²) in [7, 11) is 0. The van der Waals surface area contributed by atoms with Crippen LogP contribution >= 0.6 is 0 Å². The molecule has 2 aromatic rings. The molecule has 1 aromatic carbocycles. The number of H-pyrrole nitrogens is 1. The number of hydrogen-bond acceptors (Lipinski definition) is 2. The van der Waals surface area contributed by atoms with Gasteiger partial charge in [-0.3, -0.25) is 0 Å². The average molecular weight is 271 g/mol. The van der Waals surface area contributed by atoms with Gasteiger partial charge in [-0.1, -0.05) is 18.2 Å². The Labute approximate surface area is 121 Å². The second-order valence-electron chi connectivity index (χ2n) is 7.16. The smallest absolute Gasteiger partial charge is 0.112 e. The molecule has 1 aliphatic rings. The van der Waals surface area contributed by atoms with Crippen molar-refractivity contribution >= 4 is 16.7 Å². The third kappa shape index (κ3) is 1.84. The molecule has 0 saturated carbocycles. The van der Waals surface area contributed by atoms with Crippen LogP contribution in [0.1, 0.15) is 46.1 Å². The van der Waals surface area contributed by atoms with E-state index in [-0.39, 0.29) is 11.1 Å². The molecule has 0 amide bonds. The fourth-order valence-electron chi connectivity index (χ4n) is 3.84. The molecule has 0 spiro atoms. The molecule has 0 radical (unpaired) electrons. The first-order valence-corrected chi connectivity index (χ1v) is 7.47. The predicted octanol–water partition coefficient (Wildman–Crippen LogP) is 3.78. The van der Waals surface area contributed by atoms with Crippen molar-refractivity contribution in [2.45, 2.75) is 58.2 Å². The van der Waals surface area contributed by atoms with E-state index in [9.17, 15) is 0 Å². The first kappa shape index (κ1) is 13.5. The lowest BCUT2D eigenvalue weighted by Crippen LogP contribution is -2.49. The second-order valence-corrected chi connectivity index (χ2v) is 7.16. The number of hydrogen-bond donors (Lipinski definition) is 2. The monoisotopic (exact) mass is 271 g/mol. The van der Waals surface area contributed by atoms with Crippen LogP contribution in [0, 0.1) is 0 Å². The lowest BCUT2D eigenvalue weighted by molar-refractivity contribution is 0.448. The van der Waals surface area contributed by atoms with E-state index in [1.54, 1.807) is 0 Å². The molecule has 0 aliphatic carbocycles. The van der Waals surface area contributed by atoms with Gasteiger partial charge < -0.3 is 15.6 Å². The summed E-state index contributed by atoms with van der Waals surface area (Å²) in [6.07, 6.45) is 2.42. The molecule has 108 valence electrons. The van der Waals surface area contributed by atoms with Crippen molar-refractivity contribution in [3.63, 3.8) is 0 Å². The lowest BCUT2D eigenvalue weighted by Gasteiger charge is -2.42. The summed E-state index contributed by atoms with van der Waals surface area (Å²) in [4.78, 5) is 6.16. The summed E-state index contributed by atoms with van der Waals surface area (Å²) < 4.78 is 0. The Morgan fingerprint density at radius 2 is 1.70 bits per heavy atom. The standard InChI is InChI=1S/C17H25N3/c1-16(2)9-10-17(3,4)20(16)15-13(11-18)12-7-5-6-8-14(12)19-15/h5-8,19H,9-11,18H2,1-4H3. The van der Waals surface area contributed by atoms with Crippen LogP contribution in [0.15, 0.2) is 24.3 Å². The molecule has 2 heterocycles. The van der Waals surface area contributed by atoms with Crippen LogP contribution in [-0.4, -0.2) is 16.1 Å². The second kappa shape index (κ2) is 4.26. The van der Waals surface area contributed by atoms with Gasteiger partial charge in [-0.25, -0.2) is 0 Å². The third-order valence-electron chi connectivity index (χ3n) is 4.78. The number of aromatic amines is 1. The maximum absolute atomic E-state index is 6.06. The Kier molecular flexibility index (Phi) is 2.87. The number of nitrogens with zero attached hydrogens (tertiary/aromatic N) is 1. The molecule has 1 aromatic heterocycles. The summed E-state index contributed by atoms with van der Waals surface area (Å²) in [6, 6.07) is 8.45. The van der Waals surface area contributed by atoms with Gasteiger partial charge in [0.1, 0.15) is 5.82 Å². The number of fused-ring (bicyclic) bond motifs is 1. The van der Waals surface area contributed by atoms with Crippen LogP contribution in [-0.2, 0) is 6.54 Å². The Bertz CT molecular complexity index is 621. The minimum atomic E-state index is 0.161. The molecule has 3 rings (SSSR count). The molecule has 3 nitrogen and oxygen atoms in total. The van der Waals surface area contributed by atoms with Crippen LogP contribution in [0.2, 0.25) is 0 Å². The fourth-order valence-corrected chi connectivity index (χ4v) is 3.84. The van der Waals surface area contributed by atoms with E-state index in [1.165, 1.54) is 35.1 Å². The fraction of sp³-hybridized carbons (Fsp3) is 0.529. The number of para-hydroxylation sites is 1. The molecule has 0 unspecified atom stereocenters. The quantitative estimate of drug-likeness (QED) is 0.873. The molecule has 3 N–H and O–H groups in total. The predicted molar refractivity (Wildman–Crippen MR) is 86.1 cm³/mol. The van der Waals surface area contributed by atoms with E-state index in [4.69, 9.17) is 5.73 Å². The van der Waals surface area contributed by atoms with E-state index < -0.39 is 0 Å². The molecular weight excluding hydrogens is 246 g/mol. The molecule has 0 bridgehead atoms. The van der Waals surface area contributed by atoms with Gasteiger partial charge in [0.25, 0.3) is 0 Å². The number of rotatable bonds is 2. The topological polar surface area (TPSA) is 45.0 Å². The summed E-state index contributed by atoms with van der Waals surface area (Å²) >= 11 is 0. The minimum absolute atomic E-state index is 0.161. The Hall–Kier alpha value is -1.48. The van der Waals surface area contributed by atoms with Crippen LogP contribution < -0.4 is 10.6 Å². The highest BCUT2D eigenvalue weighted by molar-refractivity contribution is 5.89. The Morgan fingerprint density at radius 1 is 1.10 bits per heavy atom. The zero-order valence-corrected chi connectivity index (χ0v) is 13.0. The zero-order valence-electron chi connectivity index (χ0n) is 13.0. The summed E-state index contributed by atoms with van der Waals surface area (Å²) in [6.45, 7) is 9.88. The molecule has 1 fully saturated rings. The SMILES string of the molecule is CC1(C)CCC(C)(C)N1c1[nH]c2ccccc2c1CN. The summed E-state index contributed by atoms with van der Waals surface area (Å²) in [5.74, 6) is 1.21. The number of benzene rings is 1. The van der Waals surface area contributed by atoms with Gasteiger partial charge in [0.15, 0.2) is 0 Å². The highest BCUT2D eigenvalue weighted by atomic mass is 15.3. The van der Waals surface area contributed by atoms with E-state index >= 15 is 0 Å². The van der Waals surface area contributed by atoms with Crippen molar-refractivity contribution in [2.75, 3.05) is 4.90 Å². The van der Waals surface area contributed by atoms with E-state index in [1.807, 2.05) is 0 Å². The minimum Gasteiger partial charge on any atom is -0.348 e. The summed E-state index contributed by atoms with van der Waals surface area (Å²) in [5, 5.41) is 1.25. The van der Waals surface area contributed by atoms with Crippen LogP contribution in [0.25, 0.3) is 10.9 Å². The van der Waals surface area contributed by atoms with Gasteiger partial charge >= 0.3 is 0 Å². The highest BCUT2D eigenvalue weighted by Gasteiger charge is 2.45. The van der Waals surface area contributed by atoms with Crippen LogP contribution in [0.3, 0.4) is 0 Å². The lowest BCUT2D eigenvalue weighted by atomic mass is 10.0. The normalized spacial score (nSPS) is 20.8. The first-order chi connectivity index (χ1) is 9.37. The molecule has 1 aliphatic heterocycles. The van der Waals surface area contributed by atoms with Crippen molar-refractivity contribution in [3.8, 4) is 0 Å². The Morgan fingerprint density at radius 3 is 2.30 bits per heavy atom. The van der Waals surface area contributed by atoms with Gasteiger partial charge in [-0.15, -0.1) is 0 Å². The van der Waals surface area contributed by atoms with Crippen molar-refractivity contribution in [1.29, 1.82) is 0 Å². The molecular formula is C17H25N3. The third-order valence-corrected chi connectivity index (χ3v) is 4.78. The highest BCUT2D eigenvalue weighted by Crippen LogP contribution is 2.45. The summed E-state index contributed by atoms with van der Waals surface area (Å²) in [5.41, 5.74) is 8.80. The maximum Gasteiger partial charge on any atom is 0.112 e. The van der Waals surface area contributed by atoms with Gasteiger partial charge in [-0.2, -0.15) is 0 Å². The number of nitrogens with one attached hydrogen (secondary N) is 1. The number of anilines is 1. The van der Waals surface area contributed by atoms with E-state index in [2.05, 4.69) is 61.8 Å². The van der Waals surface area contributed by atoms with Crippen molar-refractivity contribution in [1.82, 2.24) is 4.98 Å². The molecule has 3 heteroatoms. The van der Waals surface area contributed by atoms with Crippen molar-refractivity contribution < 1.29 is 0 Å². The van der Waals surface area contributed by atoms with Gasteiger partial charge in [0, 0.05) is 34.1 Å². The van der Waals surface area contributed by atoms with Gasteiger partial charge in [-0.05, 0) is 46.6 Å². The molecule has 20 heavy (non-hydrogen) atoms. The van der Waals surface area contributed by atoms with E-state index in [0.717, 1.165) is 0 Å². The van der Waals surface area contributed by atoms with Crippen LogP contribution in [0.5, 0.6) is 0 Å². The number of aromatic nitrogens is 1. The molecule has 0 atom stereocenters. The van der Waals surface area contributed by atoms with E-state index in [0.29, 0.717) is 6.54 Å². The first-order valence-electron chi connectivity index (χ1n) is 7.47. The number of nitrogens with two attached hydrogens (primary N) is 1. The maximum atomic E-state index is 6.06. The van der Waals surface area contributed by atoms with Crippen LogP contribution in [0.4, 0.5) is 5.82 Å². The zero-order chi connectivity index (χ0) is 14.5. The van der Waals surface area contributed by atoms with Gasteiger partial charge in [0.2, 0.25) is 0 Å². The van der Waals surface area contributed by atoms with Gasteiger partial charge in [0.05, 0.1) is 0 Å². The van der Waals surface area contributed by atoms with Crippen molar-refractivity contribution in [3.05, 3.63) is 29.8 Å². The largest absolute Gasteiger partial charge is 0.348 e. The molecule has 1 saturated heterocycles. The Balaban J connectivity index is 2.23. The van der Waals surface area contributed by atoms with Crippen molar-refractivity contribution in [2.24, 2.45) is 5.73 Å². The average Bonchev–Trinajstić information content (AvgIpc) is 2.83.